The molecule has 0 saturated carbocycles. The van der Waals surface area contributed by atoms with E-state index >= 15 is 0 Å². The molecule has 2 aromatic rings. The van der Waals surface area contributed by atoms with E-state index in [0.29, 0.717) is 25.2 Å². The average Bonchev–Trinajstić information content (AvgIpc) is 3.00. The Labute approximate surface area is 142 Å². The minimum atomic E-state index is -3.50. The Bertz CT molecular complexity index is 796. The molecule has 1 saturated heterocycles. The van der Waals surface area contributed by atoms with Gasteiger partial charge in [0.2, 0.25) is 10.0 Å². The molecule has 0 aromatic heterocycles. The van der Waals surface area contributed by atoms with Crippen LogP contribution in [0.5, 0.6) is 0 Å². The predicted octanol–water partition coefficient (Wildman–Crippen LogP) is 2.33. The Hall–Kier alpha value is -1.76. The van der Waals surface area contributed by atoms with Crippen LogP contribution in [0.1, 0.15) is 17.0 Å². The Morgan fingerprint density at radius 3 is 2.50 bits per heavy atom. The first-order chi connectivity index (χ1) is 11.5. The van der Waals surface area contributed by atoms with E-state index in [9.17, 15) is 12.8 Å². The van der Waals surface area contributed by atoms with E-state index in [0.717, 1.165) is 5.56 Å². The van der Waals surface area contributed by atoms with Crippen molar-refractivity contribution in [2.45, 2.75) is 11.7 Å². The van der Waals surface area contributed by atoms with Gasteiger partial charge in [-0.25, -0.2) is 17.1 Å². The molecule has 0 bridgehead atoms. The Balaban J connectivity index is 1.79. The lowest BCUT2D eigenvalue weighted by molar-refractivity contribution is 0.458. The maximum atomic E-state index is 13.3. The van der Waals surface area contributed by atoms with E-state index in [1.165, 1.54) is 22.5 Å². The second-order valence-corrected chi connectivity index (χ2v) is 8.18. The molecule has 1 heterocycles. The topological polar surface area (TPSA) is 63.4 Å². The van der Waals surface area contributed by atoms with Crippen LogP contribution in [0.4, 0.5) is 4.39 Å². The highest BCUT2D eigenvalue weighted by atomic mass is 32.2. The molecule has 24 heavy (non-hydrogen) atoms. The van der Waals surface area contributed by atoms with Gasteiger partial charge in [0.15, 0.2) is 0 Å². The van der Waals surface area contributed by atoms with Gasteiger partial charge in [0.05, 0.1) is 5.75 Å². The molecular formula is C18H21FN2O2S. The van der Waals surface area contributed by atoms with Crippen molar-refractivity contribution in [2.24, 2.45) is 11.7 Å². The standard InChI is InChI=1S/C18H21FN2O2S/c19-17-8-4-5-14(9-17)13-24(22,23)21-11-16(10-20)18(12-21)15-6-2-1-3-7-15/h1-9,16,18H,10-13,20H2/t16-,18+/m1/s1. The maximum Gasteiger partial charge on any atom is 0.218 e. The normalized spacial score (nSPS) is 21.9. The fourth-order valence-electron chi connectivity index (χ4n) is 3.30. The third kappa shape index (κ3) is 3.66. The lowest BCUT2D eigenvalue weighted by Crippen LogP contribution is -2.31. The van der Waals surface area contributed by atoms with Gasteiger partial charge in [-0.05, 0) is 35.7 Å². The average molecular weight is 348 g/mol. The van der Waals surface area contributed by atoms with Gasteiger partial charge in [0.25, 0.3) is 0 Å². The lowest BCUT2D eigenvalue weighted by Gasteiger charge is -2.17. The summed E-state index contributed by atoms with van der Waals surface area (Å²) in [5, 5.41) is 0. The fourth-order valence-corrected chi connectivity index (χ4v) is 4.89. The number of benzene rings is 2. The largest absolute Gasteiger partial charge is 0.330 e. The van der Waals surface area contributed by atoms with E-state index in [1.54, 1.807) is 6.07 Å². The van der Waals surface area contributed by atoms with E-state index in [4.69, 9.17) is 5.73 Å². The summed E-state index contributed by atoms with van der Waals surface area (Å²) in [6, 6.07) is 15.6. The van der Waals surface area contributed by atoms with Crippen LogP contribution in [0.2, 0.25) is 0 Å². The molecule has 1 aliphatic rings. The molecule has 0 radical (unpaired) electrons. The first-order valence-electron chi connectivity index (χ1n) is 7.97. The SMILES string of the molecule is NC[C@@H]1CN(S(=O)(=O)Cc2cccc(F)c2)C[C@H]1c1ccccc1. The van der Waals surface area contributed by atoms with E-state index in [1.807, 2.05) is 30.3 Å². The van der Waals surface area contributed by atoms with Crippen LogP contribution in [0.3, 0.4) is 0 Å². The van der Waals surface area contributed by atoms with Crippen LogP contribution >= 0.6 is 0 Å². The highest BCUT2D eigenvalue weighted by molar-refractivity contribution is 7.88. The van der Waals surface area contributed by atoms with Crippen LogP contribution in [0, 0.1) is 11.7 Å². The zero-order valence-electron chi connectivity index (χ0n) is 13.3. The molecule has 0 aliphatic carbocycles. The summed E-state index contributed by atoms with van der Waals surface area (Å²) >= 11 is 0. The maximum absolute atomic E-state index is 13.3. The number of rotatable bonds is 5. The van der Waals surface area contributed by atoms with Crippen molar-refractivity contribution in [3.8, 4) is 0 Å². The summed E-state index contributed by atoms with van der Waals surface area (Å²) in [5.74, 6) is -0.428. The van der Waals surface area contributed by atoms with Crippen molar-refractivity contribution in [1.29, 1.82) is 0 Å². The number of nitrogens with zero attached hydrogens (tertiary/aromatic N) is 1. The Morgan fingerprint density at radius 2 is 1.83 bits per heavy atom. The summed E-state index contributed by atoms with van der Waals surface area (Å²) in [7, 11) is -3.50. The molecule has 6 heteroatoms. The number of hydrogen-bond donors (Lipinski definition) is 1. The Morgan fingerprint density at radius 1 is 1.08 bits per heavy atom. The van der Waals surface area contributed by atoms with E-state index < -0.39 is 15.8 Å². The van der Waals surface area contributed by atoms with Crippen LogP contribution in [0.25, 0.3) is 0 Å². The second kappa shape index (κ2) is 7.01. The first-order valence-corrected chi connectivity index (χ1v) is 9.58. The van der Waals surface area contributed by atoms with Crippen LogP contribution in [-0.2, 0) is 15.8 Å². The highest BCUT2D eigenvalue weighted by Crippen LogP contribution is 2.34. The van der Waals surface area contributed by atoms with Crippen molar-refractivity contribution in [3.05, 3.63) is 71.5 Å². The number of nitrogens with two attached hydrogens (primary N) is 1. The molecule has 2 N–H and O–H groups in total. The summed E-state index contributed by atoms with van der Waals surface area (Å²) in [6.45, 7) is 1.27. The van der Waals surface area contributed by atoms with Crippen molar-refractivity contribution in [1.82, 2.24) is 4.31 Å². The number of halogens is 1. The van der Waals surface area contributed by atoms with Crippen LogP contribution in [-0.4, -0.2) is 32.4 Å². The predicted molar refractivity (Wildman–Crippen MR) is 92.3 cm³/mol. The zero-order chi connectivity index (χ0) is 17.2. The first kappa shape index (κ1) is 17.1. The van der Waals surface area contributed by atoms with Gasteiger partial charge in [-0.15, -0.1) is 0 Å². The van der Waals surface area contributed by atoms with Crippen LogP contribution < -0.4 is 5.73 Å². The van der Waals surface area contributed by atoms with Gasteiger partial charge < -0.3 is 5.73 Å². The van der Waals surface area contributed by atoms with E-state index in [-0.39, 0.29) is 17.6 Å². The van der Waals surface area contributed by atoms with Crippen molar-refractivity contribution in [2.75, 3.05) is 19.6 Å². The summed E-state index contributed by atoms with van der Waals surface area (Å²) in [4.78, 5) is 0. The second-order valence-electron chi connectivity index (χ2n) is 6.22. The molecule has 1 aliphatic heterocycles. The number of hydrogen-bond acceptors (Lipinski definition) is 3. The third-order valence-electron chi connectivity index (χ3n) is 4.57. The lowest BCUT2D eigenvalue weighted by atomic mass is 9.89. The quantitative estimate of drug-likeness (QED) is 0.902. The highest BCUT2D eigenvalue weighted by Gasteiger charge is 2.38. The molecular weight excluding hydrogens is 327 g/mol. The summed E-state index contributed by atoms with van der Waals surface area (Å²) in [5.41, 5.74) is 7.44. The number of sulfonamides is 1. The summed E-state index contributed by atoms with van der Waals surface area (Å²) in [6.07, 6.45) is 0. The fraction of sp³-hybridized carbons (Fsp3) is 0.333. The molecule has 2 atom stereocenters. The molecule has 128 valence electrons. The van der Waals surface area contributed by atoms with Gasteiger partial charge in [0, 0.05) is 19.0 Å². The summed E-state index contributed by atoms with van der Waals surface area (Å²) < 4.78 is 40.2. The zero-order valence-corrected chi connectivity index (χ0v) is 14.1. The van der Waals surface area contributed by atoms with Crippen molar-refractivity contribution in [3.63, 3.8) is 0 Å². The molecule has 0 spiro atoms. The van der Waals surface area contributed by atoms with Crippen molar-refractivity contribution >= 4 is 10.0 Å². The Kier molecular flexibility index (Phi) is 4.99. The third-order valence-corrected chi connectivity index (χ3v) is 6.35. The molecule has 3 rings (SSSR count). The van der Waals surface area contributed by atoms with Crippen molar-refractivity contribution < 1.29 is 12.8 Å². The molecule has 4 nitrogen and oxygen atoms in total. The van der Waals surface area contributed by atoms with Crippen LogP contribution in [0.15, 0.2) is 54.6 Å². The molecule has 2 aromatic carbocycles. The van der Waals surface area contributed by atoms with Gasteiger partial charge in [-0.2, -0.15) is 0 Å². The molecule has 0 amide bonds. The molecule has 1 fully saturated rings. The van der Waals surface area contributed by atoms with E-state index in [2.05, 4.69) is 0 Å². The van der Waals surface area contributed by atoms with Gasteiger partial charge in [-0.3, -0.25) is 0 Å². The minimum absolute atomic E-state index is 0.0923. The van der Waals surface area contributed by atoms with Gasteiger partial charge in [-0.1, -0.05) is 42.5 Å². The van der Waals surface area contributed by atoms with Gasteiger partial charge >= 0.3 is 0 Å². The smallest absolute Gasteiger partial charge is 0.218 e. The van der Waals surface area contributed by atoms with Gasteiger partial charge in [0.1, 0.15) is 5.82 Å². The molecule has 0 unspecified atom stereocenters. The monoisotopic (exact) mass is 348 g/mol. The minimum Gasteiger partial charge on any atom is -0.330 e.